The molecule has 0 bridgehead atoms. The number of hydrogen-bond acceptors (Lipinski definition) is 4. The third kappa shape index (κ3) is 3.36. The minimum atomic E-state index is -1.86. The molecule has 3 N–H and O–H groups in total. The van der Waals surface area contributed by atoms with Crippen LogP contribution in [-0.2, 0) is 15.1 Å². The largest absolute Gasteiger partial charge is 0.501 e. The molecule has 0 aliphatic heterocycles. The van der Waals surface area contributed by atoms with Gasteiger partial charge < -0.3 is 15.8 Å². The van der Waals surface area contributed by atoms with Crippen molar-refractivity contribution < 1.29 is 14.3 Å². The average Bonchev–Trinajstić information content (AvgIpc) is 2.45. The summed E-state index contributed by atoms with van der Waals surface area (Å²) in [5.74, 6) is -0.640. The third-order valence-electron chi connectivity index (χ3n) is 2.54. The Kier molecular flexibility index (Phi) is 5.30. The van der Waals surface area contributed by atoms with E-state index in [9.17, 15) is 14.9 Å². The fraction of sp³-hybridized carbons (Fsp3) is 0.214. The van der Waals surface area contributed by atoms with Crippen molar-refractivity contribution in [2.45, 2.75) is 12.5 Å². The minimum absolute atomic E-state index is 0.326. The molecule has 0 saturated carbocycles. The first kappa shape index (κ1) is 15.2. The Labute approximate surface area is 116 Å². The van der Waals surface area contributed by atoms with Gasteiger partial charge in [0.25, 0.3) is 0 Å². The number of amides is 2. The molecule has 0 radical (unpaired) electrons. The molecule has 1 atom stereocenters. The lowest BCUT2D eigenvalue weighted by molar-refractivity contribution is -0.118. The van der Waals surface area contributed by atoms with Crippen LogP contribution in [0.25, 0.3) is 0 Å². The van der Waals surface area contributed by atoms with Gasteiger partial charge in [0.2, 0.25) is 11.3 Å². The number of ketones is 1. The number of urea groups is 1. The summed E-state index contributed by atoms with van der Waals surface area (Å²) in [5, 5.41) is 11.6. The van der Waals surface area contributed by atoms with E-state index in [1.54, 1.807) is 37.3 Å². The van der Waals surface area contributed by atoms with Gasteiger partial charge in [-0.3, -0.25) is 4.79 Å². The van der Waals surface area contributed by atoms with E-state index in [1.165, 1.54) is 6.26 Å². The maximum Gasteiger partial charge on any atom is 0.314 e. The van der Waals surface area contributed by atoms with Crippen LogP contribution >= 0.6 is 0 Å². The number of ether oxygens (including phenoxy) is 1. The third-order valence-corrected chi connectivity index (χ3v) is 2.54. The van der Waals surface area contributed by atoms with Crippen molar-refractivity contribution in [2.75, 3.05) is 6.61 Å². The molecule has 0 fully saturated rings. The van der Waals surface area contributed by atoms with Crippen molar-refractivity contribution >= 4 is 11.8 Å². The molecule has 1 unspecified atom stereocenters. The molecule has 0 heterocycles. The van der Waals surface area contributed by atoms with Crippen LogP contribution < -0.4 is 11.1 Å². The van der Waals surface area contributed by atoms with Crippen LogP contribution in [0.2, 0.25) is 0 Å². The highest BCUT2D eigenvalue weighted by Crippen LogP contribution is 2.22. The molecule has 0 aromatic heterocycles. The molecule has 2 amide bonds. The number of nitrogens with one attached hydrogen (secondary N) is 1. The Balaban J connectivity index is 3.23. The van der Waals surface area contributed by atoms with Gasteiger partial charge in [0, 0.05) is 6.08 Å². The van der Waals surface area contributed by atoms with E-state index in [0.717, 1.165) is 6.08 Å². The molecule has 20 heavy (non-hydrogen) atoms. The maximum atomic E-state index is 12.2. The maximum absolute atomic E-state index is 12.2. The van der Waals surface area contributed by atoms with E-state index in [2.05, 4.69) is 5.32 Å². The number of nitrogens with two attached hydrogens (primary N) is 1. The van der Waals surface area contributed by atoms with Gasteiger partial charge in [-0.05, 0) is 12.5 Å². The fourth-order valence-electron chi connectivity index (χ4n) is 1.63. The molecule has 104 valence electrons. The highest BCUT2D eigenvalue weighted by molar-refractivity contribution is 6.03. The van der Waals surface area contributed by atoms with Crippen LogP contribution in [0.15, 0.2) is 42.7 Å². The molecule has 1 rings (SSSR count). The molecular weight excluding hydrogens is 258 g/mol. The molecule has 0 aliphatic rings. The Bertz CT molecular complexity index is 549. The molecule has 1 aromatic rings. The van der Waals surface area contributed by atoms with E-state index < -0.39 is 17.4 Å². The molecular formula is C14H15N3O3. The number of carbonyl (C=O) groups excluding carboxylic acids is 2. The van der Waals surface area contributed by atoms with E-state index in [4.69, 9.17) is 10.5 Å². The topological polar surface area (TPSA) is 105 Å². The fourth-order valence-corrected chi connectivity index (χ4v) is 1.63. The second-order valence-corrected chi connectivity index (χ2v) is 3.84. The number of primary amides is 1. The van der Waals surface area contributed by atoms with E-state index >= 15 is 0 Å². The average molecular weight is 273 g/mol. The van der Waals surface area contributed by atoms with Gasteiger partial charge in [0.1, 0.15) is 6.07 Å². The monoisotopic (exact) mass is 273 g/mol. The van der Waals surface area contributed by atoms with E-state index in [1.807, 2.05) is 6.07 Å². The minimum Gasteiger partial charge on any atom is -0.501 e. The number of hydrogen-bond donors (Lipinski definition) is 2. The summed E-state index contributed by atoms with van der Waals surface area (Å²) in [6.45, 7) is 2.14. The highest BCUT2D eigenvalue weighted by Gasteiger charge is 2.40. The summed E-state index contributed by atoms with van der Waals surface area (Å²) in [6.07, 6.45) is 2.27. The molecule has 0 saturated heterocycles. The smallest absolute Gasteiger partial charge is 0.314 e. The zero-order valence-electron chi connectivity index (χ0n) is 11.0. The number of nitrogens with zero attached hydrogens (tertiary/aromatic N) is 1. The summed E-state index contributed by atoms with van der Waals surface area (Å²) in [6, 6.07) is 9.02. The van der Waals surface area contributed by atoms with Crippen LogP contribution in [0.5, 0.6) is 0 Å². The predicted molar refractivity (Wildman–Crippen MR) is 72.2 cm³/mol. The first-order valence-electron chi connectivity index (χ1n) is 5.93. The summed E-state index contributed by atoms with van der Waals surface area (Å²) in [7, 11) is 0. The van der Waals surface area contributed by atoms with Crippen LogP contribution in [0, 0.1) is 11.3 Å². The van der Waals surface area contributed by atoms with Gasteiger partial charge in [-0.2, -0.15) is 5.26 Å². The number of carbonyl (C=O) groups is 2. The van der Waals surface area contributed by atoms with Gasteiger partial charge in [0.15, 0.2) is 0 Å². The Morgan fingerprint density at radius 1 is 1.45 bits per heavy atom. The Morgan fingerprint density at radius 3 is 2.60 bits per heavy atom. The van der Waals surface area contributed by atoms with Crippen LogP contribution in [0.1, 0.15) is 12.5 Å². The van der Waals surface area contributed by atoms with Crippen molar-refractivity contribution in [3.8, 4) is 6.07 Å². The number of rotatable bonds is 6. The van der Waals surface area contributed by atoms with Gasteiger partial charge in [-0.15, -0.1) is 0 Å². The molecule has 0 spiro atoms. The zero-order chi connectivity index (χ0) is 15.0. The first-order chi connectivity index (χ1) is 9.56. The Hall–Kier alpha value is -2.81. The quantitative estimate of drug-likeness (QED) is 0.600. The zero-order valence-corrected chi connectivity index (χ0v) is 11.0. The number of nitriles is 1. The van der Waals surface area contributed by atoms with Gasteiger partial charge >= 0.3 is 6.03 Å². The normalized spacial score (nSPS) is 13.2. The highest BCUT2D eigenvalue weighted by atomic mass is 16.5. The summed E-state index contributed by atoms with van der Waals surface area (Å²) >= 11 is 0. The van der Waals surface area contributed by atoms with Crippen molar-refractivity contribution in [1.82, 2.24) is 5.32 Å². The van der Waals surface area contributed by atoms with Gasteiger partial charge in [-0.25, -0.2) is 4.79 Å². The standard InChI is InChI=1S/C14H15N3O3/c1-2-20-9-8-12(18)14(10-15,17-13(16)19)11-6-4-3-5-7-11/h3-9H,2H2,1H3,(H3,16,17,19). The summed E-state index contributed by atoms with van der Waals surface area (Å²) in [5.41, 5.74) is 3.54. The predicted octanol–water partition coefficient (Wildman–Crippen LogP) is 1.19. The molecule has 1 aromatic carbocycles. The molecule has 0 aliphatic carbocycles. The van der Waals surface area contributed by atoms with Gasteiger partial charge in [-0.1, -0.05) is 30.3 Å². The van der Waals surface area contributed by atoms with Crippen molar-refractivity contribution in [1.29, 1.82) is 5.26 Å². The Morgan fingerprint density at radius 2 is 2.10 bits per heavy atom. The van der Waals surface area contributed by atoms with Crippen molar-refractivity contribution in [2.24, 2.45) is 5.73 Å². The lowest BCUT2D eigenvalue weighted by atomic mass is 9.87. The van der Waals surface area contributed by atoms with E-state index in [-0.39, 0.29) is 0 Å². The second-order valence-electron chi connectivity index (χ2n) is 3.84. The van der Waals surface area contributed by atoms with Crippen LogP contribution in [-0.4, -0.2) is 18.4 Å². The number of benzene rings is 1. The lowest BCUT2D eigenvalue weighted by Gasteiger charge is -2.24. The first-order valence-corrected chi connectivity index (χ1v) is 5.93. The van der Waals surface area contributed by atoms with Crippen molar-refractivity contribution in [3.05, 3.63) is 48.2 Å². The van der Waals surface area contributed by atoms with E-state index in [0.29, 0.717) is 12.2 Å². The SMILES string of the molecule is CCOC=CC(=O)C(C#N)(NC(N)=O)c1ccccc1. The lowest BCUT2D eigenvalue weighted by Crippen LogP contribution is -2.52. The summed E-state index contributed by atoms with van der Waals surface area (Å²) < 4.78 is 4.93. The van der Waals surface area contributed by atoms with Crippen LogP contribution in [0.3, 0.4) is 0 Å². The molecule has 6 nitrogen and oxygen atoms in total. The van der Waals surface area contributed by atoms with Crippen LogP contribution in [0.4, 0.5) is 4.79 Å². The van der Waals surface area contributed by atoms with Gasteiger partial charge in [0.05, 0.1) is 12.9 Å². The second kappa shape index (κ2) is 6.95. The molecule has 6 heteroatoms. The summed E-state index contributed by atoms with van der Waals surface area (Å²) in [4.78, 5) is 23.4. The van der Waals surface area contributed by atoms with Crippen molar-refractivity contribution in [3.63, 3.8) is 0 Å².